The van der Waals surface area contributed by atoms with Gasteiger partial charge in [-0.1, -0.05) is 18.2 Å². The normalized spacial score (nSPS) is 15.4. The van der Waals surface area contributed by atoms with Gasteiger partial charge >= 0.3 is 0 Å². The molecule has 0 aliphatic carbocycles. The zero-order valence-electron chi connectivity index (χ0n) is 13.7. The Hall–Kier alpha value is -3.48. The van der Waals surface area contributed by atoms with Crippen LogP contribution in [0.15, 0.2) is 59.2 Å². The van der Waals surface area contributed by atoms with Gasteiger partial charge < -0.3 is 4.74 Å². The first-order chi connectivity index (χ1) is 12.0. The van der Waals surface area contributed by atoms with Gasteiger partial charge in [-0.25, -0.2) is 0 Å². The molecule has 1 aliphatic heterocycles. The topological polar surface area (TPSA) is 85.0 Å². The Morgan fingerprint density at radius 3 is 2.56 bits per heavy atom. The molecule has 0 aromatic heterocycles. The molecular weight excluding hydrogens is 322 g/mol. The minimum atomic E-state index is -0.491. The lowest BCUT2D eigenvalue weighted by Crippen LogP contribution is -2.21. The number of non-ortho nitro benzene ring substituents is 1. The lowest BCUT2D eigenvalue weighted by molar-refractivity contribution is -0.384. The van der Waals surface area contributed by atoms with Gasteiger partial charge in [-0.15, -0.1) is 0 Å². The first-order valence-corrected chi connectivity index (χ1v) is 7.50. The van der Waals surface area contributed by atoms with Crippen molar-refractivity contribution in [3.8, 4) is 5.75 Å². The molecule has 7 nitrogen and oxygen atoms in total. The number of hydrazone groups is 1. The molecule has 0 saturated heterocycles. The molecular formula is C18H15N3O4. The molecule has 0 bridgehead atoms. The van der Waals surface area contributed by atoms with E-state index in [9.17, 15) is 14.9 Å². The van der Waals surface area contributed by atoms with E-state index >= 15 is 0 Å². The van der Waals surface area contributed by atoms with Crippen LogP contribution in [0, 0.1) is 10.1 Å². The van der Waals surface area contributed by atoms with Crippen molar-refractivity contribution in [2.75, 3.05) is 12.1 Å². The van der Waals surface area contributed by atoms with Gasteiger partial charge in [0.25, 0.3) is 11.6 Å². The second-order valence-electron chi connectivity index (χ2n) is 5.38. The van der Waals surface area contributed by atoms with E-state index in [0.717, 1.165) is 0 Å². The fraction of sp³-hybridized carbons (Fsp3) is 0.111. The maximum absolute atomic E-state index is 12.7. The largest absolute Gasteiger partial charge is 0.496 e. The summed E-state index contributed by atoms with van der Waals surface area (Å²) >= 11 is 0. The number of carbonyl (C=O) groups is 1. The fourth-order valence-electron chi connectivity index (χ4n) is 2.53. The quantitative estimate of drug-likeness (QED) is 0.486. The number of carbonyl (C=O) groups excluding carboxylic acids is 1. The molecule has 7 heteroatoms. The Morgan fingerprint density at radius 2 is 1.92 bits per heavy atom. The van der Waals surface area contributed by atoms with Crippen molar-refractivity contribution >= 4 is 29.1 Å². The van der Waals surface area contributed by atoms with Gasteiger partial charge in [0.2, 0.25) is 0 Å². The van der Waals surface area contributed by atoms with Crippen molar-refractivity contribution in [3.05, 3.63) is 69.8 Å². The number of benzene rings is 2. The van der Waals surface area contributed by atoms with Crippen molar-refractivity contribution < 1.29 is 14.5 Å². The molecule has 0 fully saturated rings. The van der Waals surface area contributed by atoms with Crippen LogP contribution < -0.4 is 9.75 Å². The molecule has 0 N–H and O–H groups in total. The maximum atomic E-state index is 12.7. The zero-order valence-corrected chi connectivity index (χ0v) is 13.7. The number of amides is 1. The number of rotatable bonds is 4. The average molecular weight is 337 g/mol. The van der Waals surface area contributed by atoms with Crippen molar-refractivity contribution in [1.29, 1.82) is 0 Å². The molecule has 126 valence electrons. The summed E-state index contributed by atoms with van der Waals surface area (Å²) in [5, 5.41) is 16.6. The second-order valence-corrected chi connectivity index (χ2v) is 5.38. The third-order valence-corrected chi connectivity index (χ3v) is 3.79. The molecule has 0 saturated carbocycles. The number of hydrogen-bond donors (Lipinski definition) is 0. The molecule has 0 spiro atoms. The van der Waals surface area contributed by atoms with Crippen LogP contribution in [0.2, 0.25) is 0 Å². The highest BCUT2D eigenvalue weighted by Gasteiger charge is 2.29. The predicted molar refractivity (Wildman–Crippen MR) is 94.7 cm³/mol. The van der Waals surface area contributed by atoms with Crippen LogP contribution in [0.5, 0.6) is 5.75 Å². The van der Waals surface area contributed by atoms with Crippen molar-refractivity contribution in [2.45, 2.75) is 6.92 Å². The Labute approximate surface area is 144 Å². The van der Waals surface area contributed by atoms with E-state index in [1.54, 1.807) is 25.1 Å². The highest BCUT2D eigenvalue weighted by molar-refractivity contribution is 6.32. The second kappa shape index (κ2) is 6.56. The number of ether oxygens (including phenoxy) is 1. The molecule has 25 heavy (non-hydrogen) atoms. The summed E-state index contributed by atoms with van der Waals surface area (Å²) in [6.07, 6.45) is 1.57. The third-order valence-electron chi connectivity index (χ3n) is 3.79. The van der Waals surface area contributed by atoms with Gasteiger partial charge in [0, 0.05) is 17.7 Å². The van der Waals surface area contributed by atoms with Crippen LogP contribution in [0.1, 0.15) is 12.5 Å². The first kappa shape index (κ1) is 16.4. The standard InChI is InChI=1S/C18H15N3O4/c1-12-16(18(22)20(19-12)14-6-4-3-5-7-14)11-13-10-15(21(23)24)8-9-17(13)25-2/h3-11H,1-2H3. The predicted octanol–water partition coefficient (Wildman–Crippen LogP) is 3.41. The van der Waals surface area contributed by atoms with Crippen LogP contribution in [0.25, 0.3) is 6.08 Å². The summed E-state index contributed by atoms with van der Waals surface area (Å²) in [6.45, 7) is 1.72. The number of para-hydroxylation sites is 1. The number of methoxy groups -OCH3 is 1. The van der Waals surface area contributed by atoms with Crippen LogP contribution in [-0.4, -0.2) is 23.7 Å². The molecule has 1 aliphatic rings. The third kappa shape index (κ3) is 3.12. The van der Waals surface area contributed by atoms with Crippen LogP contribution in [-0.2, 0) is 4.79 Å². The van der Waals surface area contributed by atoms with Gasteiger partial charge in [0.05, 0.1) is 29.0 Å². The van der Waals surface area contributed by atoms with E-state index in [1.165, 1.54) is 30.3 Å². The summed E-state index contributed by atoms with van der Waals surface area (Å²) in [7, 11) is 1.47. The highest BCUT2D eigenvalue weighted by Crippen LogP contribution is 2.29. The number of anilines is 1. The smallest absolute Gasteiger partial charge is 0.280 e. The molecule has 3 rings (SSSR count). The average Bonchev–Trinajstić information content (AvgIpc) is 2.90. The lowest BCUT2D eigenvalue weighted by atomic mass is 10.1. The van der Waals surface area contributed by atoms with Gasteiger partial charge in [-0.2, -0.15) is 10.1 Å². The Kier molecular flexibility index (Phi) is 4.30. The highest BCUT2D eigenvalue weighted by atomic mass is 16.6. The van der Waals surface area contributed by atoms with Crippen LogP contribution >= 0.6 is 0 Å². The summed E-state index contributed by atoms with van der Waals surface area (Å²) in [5.74, 6) is 0.147. The number of nitro benzene ring substituents is 1. The Balaban J connectivity index is 2.02. The number of nitro groups is 1. The van der Waals surface area contributed by atoms with E-state index in [1.807, 2.05) is 18.2 Å². The molecule has 1 amide bonds. The minimum Gasteiger partial charge on any atom is -0.496 e. The zero-order chi connectivity index (χ0) is 18.0. The molecule has 0 radical (unpaired) electrons. The minimum absolute atomic E-state index is 0.0763. The maximum Gasteiger partial charge on any atom is 0.280 e. The van der Waals surface area contributed by atoms with Gasteiger partial charge in [0.15, 0.2) is 0 Å². The van der Waals surface area contributed by atoms with E-state index in [-0.39, 0.29) is 11.6 Å². The van der Waals surface area contributed by atoms with Gasteiger partial charge in [-0.05, 0) is 31.2 Å². The van der Waals surface area contributed by atoms with E-state index in [4.69, 9.17) is 4.74 Å². The van der Waals surface area contributed by atoms with Crippen molar-refractivity contribution in [3.63, 3.8) is 0 Å². The molecule has 1 heterocycles. The summed E-state index contributed by atoms with van der Waals surface area (Å²) in [5.41, 5.74) is 1.92. The van der Waals surface area contributed by atoms with Crippen molar-refractivity contribution in [1.82, 2.24) is 0 Å². The Bertz CT molecular complexity index is 904. The molecule has 2 aromatic carbocycles. The van der Waals surface area contributed by atoms with Gasteiger partial charge in [0.1, 0.15) is 5.75 Å². The number of hydrogen-bond acceptors (Lipinski definition) is 5. The SMILES string of the molecule is COc1ccc([N+](=O)[O-])cc1C=C1C(=O)N(c2ccccc2)N=C1C. The van der Waals surface area contributed by atoms with E-state index in [0.29, 0.717) is 28.3 Å². The summed E-state index contributed by atoms with van der Waals surface area (Å²) in [4.78, 5) is 23.2. The molecule has 0 atom stereocenters. The lowest BCUT2D eigenvalue weighted by Gasteiger charge is -2.11. The summed E-state index contributed by atoms with van der Waals surface area (Å²) in [6, 6.07) is 13.3. The summed E-state index contributed by atoms with van der Waals surface area (Å²) < 4.78 is 5.24. The molecule has 2 aromatic rings. The fourth-order valence-corrected chi connectivity index (χ4v) is 2.53. The van der Waals surface area contributed by atoms with Gasteiger partial charge in [-0.3, -0.25) is 14.9 Å². The van der Waals surface area contributed by atoms with E-state index < -0.39 is 4.92 Å². The van der Waals surface area contributed by atoms with Crippen LogP contribution in [0.4, 0.5) is 11.4 Å². The first-order valence-electron chi connectivity index (χ1n) is 7.50. The van der Waals surface area contributed by atoms with Crippen LogP contribution in [0.3, 0.4) is 0 Å². The van der Waals surface area contributed by atoms with Crippen molar-refractivity contribution in [2.24, 2.45) is 5.10 Å². The monoisotopic (exact) mass is 337 g/mol. The number of nitrogens with zero attached hydrogens (tertiary/aromatic N) is 3. The van der Waals surface area contributed by atoms with E-state index in [2.05, 4.69) is 5.10 Å². The Morgan fingerprint density at radius 1 is 1.20 bits per heavy atom. The molecule has 0 unspecified atom stereocenters.